The number of carbonyl (C=O) groups excluding carboxylic acids is 1. The van der Waals surface area contributed by atoms with Gasteiger partial charge in [-0.2, -0.15) is 5.10 Å². The van der Waals surface area contributed by atoms with Crippen molar-refractivity contribution in [3.63, 3.8) is 0 Å². The summed E-state index contributed by atoms with van der Waals surface area (Å²) in [6.45, 7) is 2.60. The van der Waals surface area contributed by atoms with E-state index in [9.17, 15) is 4.79 Å². The van der Waals surface area contributed by atoms with Crippen molar-refractivity contribution >= 4 is 11.6 Å². The van der Waals surface area contributed by atoms with Crippen molar-refractivity contribution in [1.82, 2.24) is 15.1 Å². The molecule has 3 rings (SSSR count). The number of nitrogens with zero attached hydrogens (tertiary/aromatic N) is 2. The lowest BCUT2D eigenvalue weighted by Gasteiger charge is -2.11. The highest BCUT2D eigenvalue weighted by atomic mass is 16.2. The molecule has 0 spiro atoms. The van der Waals surface area contributed by atoms with Crippen LogP contribution in [0.1, 0.15) is 23.7 Å². The fourth-order valence-corrected chi connectivity index (χ4v) is 2.79. The molecule has 0 saturated carbocycles. The molecule has 1 aliphatic heterocycles. The Labute approximate surface area is 124 Å². The molecule has 2 heterocycles. The van der Waals surface area contributed by atoms with Crippen LogP contribution in [0.4, 0.5) is 5.69 Å². The summed E-state index contributed by atoms with van der Waals surface area (Å²) in [5, 5.41) is 10.7. The van der Waals surface area contributed by atoms with Crippen molar-refractivity contribution in [3.05, 3.63) is 47.3 Å². The summed E-state index contributed by atoms with van der Waals surface area (Å²) in [6.07, 6.45) is 3.59. The van der Waals surface area contributed by atoms with Gasteiger partial charge >= 0.3 is 0 Å². The highest BCUT2D eigenvalue weighted by Crippen LogP contribution is 2.25. The van der Waals surface area contributed by atoms with E-state index >= 15 is 0 Å². The molecule has 0 fully saturated rings. The number of carbonyl (C=O) groups is 1. The fraction of sp³-hybridized carbons (Fsp3) is 0.375. The van der Waals surface area contributed by atoms with Crippen LogP contribution in [0, 0.1) is 0 Å². The molecule has 2 N–H and O–H groups in total. The number of anilines is 1. The molecule has 1 amide bonds. The second-order valence-electron chi connectivity index (χ2n) is 5.40. The topological polar surface area (TPSA) is 59.0 Å². The SMILES string of the molecule is CCc1nn(C)cc1CNC(=O)[C@@H]1Cc2ccccc2N1. The fourth-order valence-electron chi connectivity index (χ4n) is 2.79. The molecular formula is C16H20N4O. The molecule has 1 aromatic carbocycles. The highest BCUT2D eigenvalue weighted by molar-refractivity contribution is 5.87. The van der Waals surface area contributed by atoms with E-state index in [1.54, 1.807) is 4.68 Å². The molecule has 0 radical (unpaired) electrons. The molecule has 0 unspecified atom stereocenters. The van der Waals surface area contributed by atoms with E-state index < -0.39 is 0 Å². The maximum atomic E-state index is 12.3. The molecule has 0 aliphatic carbocycles. The lowest BCUT2D eigenvalue weighted by atomic mass is 10.1. The standard InChI is InChI=1S/C16H20N4O/c1-3-13-12(10-20(2)19-13)9-17-16(21)15-8-11-6-4-5-7-14(11)18-15/h4-7,10,15,18H,3,8-9H2,1-2H3,(H,17,21)/t15-/m0/s1. The van der Waals surface area contributed by atoms with E-state index in [2.05, 4.69) is 28.7 Å². The van der Waals surface area contributed by atoms with Crippen molar-refractivity contribution < 1.29 is 4.79 Å². The van der Waals surface area contributed by atoms with Crippen molar-refractivity contribution in [2.24, 2.45) is 7.05 Å². The van der Waals surface area contributed by atoms with Crippen LogP contribution in [0.3, 0.4) is 0 Å². The third kappa shape index (κ3) is 2.77. The van der Waals surface area contributed by atoms with Gasteiger partial charge in [0.25, 0.3) is 0 Å². The van der Waals surface area contributed by atoms with Crippen LogP contribution in [-0.4, -0.2) is 21.7 Å². The van der Waals surface area contributed by atoms with Crippen LogP contribution in [0.25, 0.3) is 0 Å². The van der Waals surface area contributed by atoms with Crippen LogP contribution in [0.5, 0.6) is 0 Å². The van der Waals surface area contributed by atoms with Gasteiger partial charge in [-0.3, -0.25) is 9.48 Å². The minimum absolute atomic E-state index is 0.0390. The van der Waals surface area contributed by atoms with Crippen LogP contribution in [0.2, 0.25) is 0 Å². The van der Waals surface area contributed by atoms with Gasteiger partial charge in [-0.1, -0.05) is 25.1 Å². The first kappa shape index (κ1) is 13.7. The number of benzene rings is 1. The summed E-state index contributed by atoms with van der Waals surface area (Å²) in [5.74, 6) is 0.0390. The maximum Gasteiger partial charge on any atom is 0.243 e. The molecular weight excluding hydrogens is 264 g/mol. The Bertz CT molecular complexity index is 637. The number of amides is 1. The third-order valence-corrected chi connectivity index (χ3v) is 3.87. The monoisotopic (exact) mass is 284 g/mol. The summed E-state index contributed by atoms with van der Waals surface area (Å²) >= 11 is 0. The zero-order valence-corrected chi connectivity index (χ0v) is 12.4. The number of para-hydroxylation sites is 1. The molecule has 5 heteroatoms. The number of hydrogen-bond donors (Lipinski definition) is 2. The summed E-state index contributed by atoms with van der Waals surface area (Å²) < 4.78 is 1.80. The van der Waals surface area contributed by atoms with Gasteiger partial charge in [0.05, 0.1) is 5.69 Å². The van der Waals surface area contributed by atoms with E-state index in [-0.39, 0.29) is 11.9 Å². The summed E-state index contributed by atoms with van der Waals surface area (Å²) in [7, 11) is 1.90. The minimum atomic E-state index is -0.177. The molecule has 1 aliphatic rings. The lowest BCUT2D eigenvalue weighted by Crippen LogP contribution is -2.38. The van der Waals surface area contributed by atoms with Gasteiger partial charge in [-0.25, -0.2) is 0 Å². The number of aromatic nitrogens is 2. The third-order valence-electron chi connectivity index (χ3n) is 3.87. The molecule has 0 bridgehead atoms. The molecule has 2 aromatic rings. The van der Waals surface area contributed by atoms with Crippen LogP contribution in [0.15, 0.2) is 30.5 Å². The smallest absolute Gasteiger partial charge is 0.243 e. The van der Waals surface area contributed by atoms with Crippen molar-refractivity contribution in [1.29, 1.82) is 0 Å². The van der Waals surface area contributed by atoms with Gasteiger partial charge in [-0.15, -0.1) is 0 Å². The zero-order chi connectivity index (χ0) is 14.8. The molecule has 1 atom stereocenters. The lowest BCUT2D eigenvalue weighted by molar-refractivity contribution is -0.121. The summed E-state index contributed by atoms with van der Waals surface area (Å²) in [6, 6.07) is 7.88. The Morgan fingerprint density at radius 1 is 1.48 bits per heavy atom. The quantitative estimate of drug-likeness (QED) is 0.897. The summed E-state index contributed by atoms with van der Waals surface area (Å²) in [4.78, 5) is 12.3. The van der Waals surface area contributed by atoms with Crippen LogP contribution < -0.4 is 10.6 Å². The normalized spacial score (nSPS) is 16.4. The molecule has 1 aromatic heterocycles. The van der Waals surface area contributed by atoms with Crippen LogP contribution in [-0.2, 0) is 31.2 Å². The van der Waals surface area contributed by atoms with Gasteiger partial charge in [0.1, 0.15) is 6.04 Å². The van der Waals surface area contributed by atoms with Gasteiger partial charge in [-0.05, 0) is 18.1 Å². The van der Waals surface area contributed by atoms with Gasteiger partial charge in [0.2, 0.25) is 5.91 Å². The van der Waals surface area contributed by atoms with Gasteiger partial charge < -0.3 is 10.6 Å². The first-order valence-corrected chi connectivity index (χ1v) is 7.31. The van der Waals surface area contributed by atoms with E-state index in [4.69, 9.17) is 0 Å². The Balaban J connectivity index is 1.61. The minimum Gasteiger partial charge on any atom is -0.373 e. The second kappa shape index (κ2) is 5.60. The highest BCUT2D eigenvalue weighted by Gasteiger charge is 2.26. The Morgan fingerprint density at radius 2 is 2.29 bits per heavy atom. The average Bonchev–Trinajstić information content (AvgIpc) is 3.07. The Morgan fingerprint density at radius 3 is 3.05 bits per heavy atom. The van der Waals surface area contributed by atoms with Crippen LogP contribution >= 0.6 is 0 Å². The number of hydrogen-bond acceptors (Lipinski definition) is 3. The Kier molecular flexibility index (Phi) is 3.64. The molecule has 110 valence electrons. The Hall–Kier alpha value is -2.30. The van der Waals surface area contributed by atoms with E-state index in [0.29, 0.717) is 6.54 Å². The number of rotatable bonds is 4. The van der Waals surface area contributed by atoms with Gasteiger partial charge in [0.15, 0.2) is 0 Å². The number of fused-ring (bicyclic) bond motifs is 1. The maximum absolute atomic E-state index is 12.3. The van der Waals surface area contributed by atoms with Gasteiger partial charge in [0, 0.05) is 37.5 Å². The first-order chi connectivity index (χ1) is 10.2. The molecule has 21 heavy (non-hydrogen) atoms. The first-order valence-electron chi connectivity index (χ1n) is 7.31. The predicted molar refractivity (Wildman–Crippen MR) is 82.0 cm³/mol. The van der Waals surface area contributed by atoms with Crippen molar-refractivity contribution in [2.45, 2.75) is 32.4 Å². The molecule has 0 saturated heterocycles. The van der Waals surface area contributed by atoms with E-state index in [1.165, 1.54) is 5.56 Å². The largest absolute Gasteiger partial charge is 0.373 e. The van der Waals surface area contributed by atoms with Crippen molar-refractivity contribution in [3.8, 4) is 0 Å². The molecule has 5 nitrogen and oxygen atoms in total. The predicted octanol–water partition coefficient (Wildman–Crippen LogP) is 1.64. The second-order valence-corrected chi connectivity index (χ2v) is 5.40. The van der Waals surface area contributed by atoms with E-state index in [1.807, 2.05) is 31.4 Å². The number of nitrogens with one attached hydrogen (secondary N) is 2. The van der Waals surface area contributed by atoms with Crippen molar-refractivity contribution in [2.75, 3.05) is 5.32 Å². The van der Waals surface area contributed by atoms with E-state index in [0.717, 1.165) is 29.8 Å². The average molecular weight is 284 g/mol. The summed E-state index contributed by atoms with van der Waals surface area (Å²) in [5.41, 5.74) is 4.39. The number of aryl methyl sites for hydroxylation is 2. The zero-order valence-electron chi connectivity index (χ0n) is 12.4.